The molecule has 164 valence electrons. The van der Waals surface area contributed by atoms with Crippen LogP contribution >= 0.6 is 0 Å². The first-order chi connectivity index (χ1) is 15.2. The van der Waals surface area contributed by atoms with Gasteiger partial charge in [0.15, 0.2) is 0 Å². The van der Waals surface area contributed by atoms with Crippen molar-refractivity contribution in [3.05, 3.63) is 110 Å². The Labute approximate surface area is 178 Å². The van der Waals surface area contributed by atoms with Crippen LogP contribution in [0.15, 0.2) is 70.4 Å². The van der Waals surface area contributed by atoms with Crippen LogP contribution in [0.25, 0.3) is 5.76 Å². The number of nitrogens with zero attached hydrogens (tertiary/aromatic N) is 2. The van der Waals surface area contributed by atoms with Gasteiger partial charge in [-0.2, -0.15) is 0 Å². The predicted molar refractivity (Wildman–Crippen MR) is 109 cm³/mol. The van der Waals surface area contributed by atoms with Crippen LogP contribution in [0, 0.1) is 11.6 Å². The van der Waals surface area contributed by atoms with E-state index in [4.69, 9.17) is 5.11 Å². The zero-order chi connectivity index (χ0) is 23.4. The lowest BCUT2D eigenvalue weighted by Gasteiger charge is -2.14. The number of carboxylic acids is 1. The second-order valence-corrected chi connectivity index (χ2v) is 6.73. The number of carbonyl (C=O) groups excluding carboxylic acids is 1. The highest BCUT2D eigenvalue weighted by Gasteiger charge is 2.19. The lowest BCUT2D eigenvalue weighted by Crippen LogP contribution is -2.42. The molecule has 8 nitrogen and oxygen atoms in total. The van der Waals surface area contributed by atoms with Gasteiger partial charge in [0.1, 0.15) is 17.4 Å². The third-order valence-corrected chi connectivity index (χ3v) is 4.58. The van der Waals surface area contributed by atoms with E-state index in [-0.39, 0.29) is 17.7 Å². The van der Waals surface area contributed by atoms with Crippen LogP contribution in [-0.4, -0.2) is 31.1 Å². The highest BCUT2D eigenvalue weighted by molar-refractivity contribution is 6.38. The molecule has 2 N–H and O–H groups in total. The lowest BCUT2D eigenvalue weighted by atomic mass is 10.2. The van der Waals surface area contributed by atoms with Gasteiger partial charge in [-0.05, 0) is 12.1 Å². The van der Waals surface area contributed by atoms with Gasteiger partial charge < -0.3 is 10.2 Å². The van der Waals surface area contributed by atoms with Gasteiger partial charge in [0.2, 0.25) is 0 Å². The van der Waals surface area contributed by atoms with Gasteiger partial charge in [-0.1, -0.05) is 36.4 Å². The molecule has 0 bridgehead atoms. The van der Waals surface area contributed by atoms with Crippen molar-refractivity contribution in [1.29, 1.82) is 0 Å². The fraction of sp³-hybridized carbons (Fsp3) is 0.0909. The molecule has 0 atom stereocenters. The zero-order valence-electron chi connectivity index (χ0n) is 16.4. The number of rotatable bonds is 7. The Morgan fingerprint density at radius 3 is 1.94 bits per heavy atom. The van der Waals surface area contributed by atoms with Gasteiger partial charge in [-0.3, -0.25) is 18.7 Å². The third-order valence-electron chi connectivity index (χ3n) is 4.58. The van der Waals surface area contributed by atoms with Crippen molar-refractivity contribution < 1.29 is 28.6 Å². The summed E-state index contributed by atoms with van der Waals surface area (Å²) in [6.45, 7) is -0.869. The molecule has 32 heavy (non-hydrogen) atoms. The van der Waals surface area contributed by atoms with E-state index in [2.05, 4.69) is 0 Å². The van der Waals surface area contributed by atoms with E-state index >= 15 is 0 Å². The smallest absolute Gasteiger partial charge is 0.376 e. The minimum absolute atomic E-state index is 0.00799. The van der Waals surface area contributed by atoms with Gasteiger partial charge in [0.05, 0.1) is 18.7 Å². The van der Waals surface area contributed by atoms with Crippen molar-refractivity contribution in [2.45, 2.75) is 13.1 Å². The summed E-state index contributed by atoms with van der Waals surface area (Å²) in [5.74, 6) is -5.71. The summed E-state index contributed by atoms with van der Waals surface area (Å²) in [7, 11) is 0. The Hall–Kier alpha value is -4.34. The minimum atomic E-state index is -1.87. The largest absolute Gasteiger partial charge is 0.507 e. The summed E-state index contributed by atoms with van der Waals surface area (Å²) in [5.41, 5.74) is -2.53. The number of hydrogen-bond acceptors (Lipinski definition) is 5. The number of aliphatic hydroxyl groups excluding tert-OH is 1. The van der Waals surface area contributed by atoms with Crippen molar-refractivity contribution >= 4 is 17.5 Å². The first-order valence-corrected chi connectivity index (χ1v) is 9.18. The monoisotopic (exact) mass is 442 g/mol. The molecule has 1 aromatic heterocycles. The number of carbonyl (C=O) groups is 2. The van der Waals surface area contributed by atoms with Crippen LogP contribution < -0.4 is 11.2 Å². The van der Waals surface area contributed by atoms with Gasteiger partial charge in [0, 0.05) is 23.4 Å². The van der Waals surface area contributed by atoms with Crippen molar-refractivity contribution in [3.63, 3.8) is 0 Å². The fourth-order valence-corrected chi connectivity index (χ4v) is 2.95. The average Bonchev–Trinajstić information content (AvgIpc) is 2.75. The van der Waals surface area contributed by atoms with Gasteiger partial charge in [0.25, 0.3) is 11.3 Å². The summed E-state index contributed by atoms with van der Waals surface area (Å²) in [5, 5.41) is 18.9. The molecule has 1 heterocycles. The van der Waals surface area contributed by atoms with Crippen molar-refractivity contribution in [3.8, 4) is 0 Å². The SMILES string of the molecule is O=C(O)C(=O)C=C(O)c1cn(Cc2ccccc2F)c(=O)n(Cc2ccccc2F)c1=O. The Bertz CT molecular complexity index is 1360. The molecule has 0 saturated heterocycles. The third kappa shape index (κ3) is 4.69. The van der Waals surface area contributed by atoms with E-state index in [0.717, 1.165) is 16.8 Å². The summed E-state index contributed by atoms with van der Waals surface area (Å²) >= 11 is 0. The second kappa shape index (κ2) is 9.21. The summed E-state index contributed by atoms with van der Waals surface area (Å²) in [6.07, 6.45) is 1.19. The van der Waals surface area contributed by atoms with Crippen molar-refractivity contribution in [1.82, 2.24) is 9.13 Å². The molecule has 0 aliphatic heterocycles. The number of aliphatic hydroxyl groups is 1. The molecule has 0 amide bonds. The maximum atomic E-state index is 14.1. The van der Waals surface area contributed by atoms with Gasteiger partial charge in [-0.25, -0.2) is 18.4 Å². The van der Waals surface area contributed by atoms with E-state index in [1.807, 2.05) is 0 Å². The molecule has 10 heteroatoms. The first kappa shape index (κ1) is 22.3. The Balaban J connectivity index is 2.21. The molecule has 0 aliphatic carbocycles. The maximum absolute atomic E-state index is 14.1. The number of aromatic nitrogens is 2. The van der Waals surface area contributed by atoms with E-state index in [9.17, 15) is 33.1 Å². The normalized spacial score (nSPS) is 11.4. The van der Waals surface area contributed by atoms with Crippen molar-refractivity contribution in [2.24, 2.45) is 0 Å². The minimum Gasteiger partial charge on any atom is -0.507 e. The van der Waals surface area contributed by atoms with Crippen LogP contribution in [-0.2, 0) is 22.7 Å². The molecule has 0 spiro atoms. The quantitative estimate of drug-likeness (QED) is 0.328. The molecule has 0 saturated carbocycles. The van der Waals surface area contributed by atoms with Crippen LogP contribution in [0.2, 0.25) is 0 Å². The van der Waals surface area contributed by atoms with Gasteiger partial charge in [-0.15, -0.1) is 0 Å². The van der Waals surface area contributed by atoms with Crippen LogP contribution in [0.5, 0.6) is 0 Å². The Kier molecular flexibility index (Phi) is 6.43. The first-order valence-electron chi connectivity index (χ1n) is 9.18. The maximum Gasteiger partial charge on any atom is 0.376 e. The highest BCUT2D eigenvalue weighted by Crippen LogP contribution is 2.11. The van der Waals surface area contributed by atoms with Crippen LogP contribution in [0.3, 0.4) is 0 Å². The highest BCUT2D eigenvalue weighted by atomic mass is 19.1. The van der Waals surface area contributed by atoms with E-state index in [1.54, 1.807) is 0 Å². The number of ketones is 1. The Morgan fingerprint density at radius 2 is 1.41 bits per heavy atom. The predicted octanol–water partition coefficient (Wildman–Crippen LogP) is 1.94. The van der Waals surface area contributed by atoms with Crippen molar-refractivity contribution in [2.75, 3.05) is 0 Å². The van der Waals surface area contributed by atoms with E-state index in [0.29, 0.717) is 10.6 Å². The molecular weight excluding hydrogens is 426 g/mol. The number of carboxylic acid groups (broad SMARTS) is 1. The fourth-order valence-electron chi connectivity index (χ4n) is 2.95. The molecule has 0 unspecified atom stereocenters. The van der Waals surface area contributed by atoms with Crippen LogP contribution in [0.1, 0.15) is 16.7 Å². The average molecular weight is 442 g/mol. The number of benzene rings is 2. The lowest BCUT2D eigenvalue weighted by molar-refractivity contribution is -0.146. The second-order valence-electron chi connectivity index (χ2n) is 6.73. The number of aliphatic carboxylic acids is 1. The van der Waals surface area contributed by atoms with Crippen LogP contribution in [0.4, 0.5) is 8.78 Å². The summed E-state index contributed by atoms with van der Waals surface area (Å²) in [6, 6.07) is 10.9. The molecular formula is C22H16F2N2O6. The topological polar surface area (TPSA) is 119 Å². The molecule has 0 radical (unpaired) electrons. The number of hydrogen-bond donors (Lipinski definition) is 2. The van der Waals surface area contributed by atoms with E-state index in [1.165, 1.54) is 42.5 Å². The summed E-state index contributed by atoms with van der Waals surface area (Å²) < 4.78 is 29.7. The van der Waals surface area contributed by atoms with Gasteiger partial charge >= 0.3 is 11.7 Å². The molecule has 3 rings (SSSR count). The number of halogens is 2. The Morgan fingerprint density at radius 1 is 0.875 bits per heavy atom. The molecule has 0 fully saturated rings. The molecule has 2 aromatic carbocycles. The summed E-state index contributed by atoms with van der Waals surface area (Å²) in [4.78, 5) is 48.0. The molecule has 0 aliphatic rings. The zero-order valence-corrected chi connectivity index (χ0v) is 16.4. The molecule has 3 aromatic rings. The standard InChI is InChI=1S/C22H16F2N2O6/c23-16-7-3-1-5-13(16)10-25-12-15(18(27)9-19(28)21(30)31)20(29)26(22(25)32)11-14-6-2-4-8-17(14)24/h1-9,12,27H,10-11H2,(H,30,31). The van der Waals surface area contributed by atoms with E-state index < -0.39 is 52.5 Å².